The lowest BCUT2D eigenvalue weighted by atomic mass is 10.1. The minimum atomic E-state index is 0.301. The summed E-state index contributed by atoms with van der Waals surface area (Å²) in [6, 6.07) is 0.301. The van der Waals surface area contributed by atoms with Crippen molar-refractivity contribution in [2.24, 2.45) is 5.73 Å². The highest BCUT2D eigenvalue weighted by molar-refractivity contribution is 5.48. The highest BCUT2D eigenvalue weighted by Gasteiger charge is 2.13. The molecule has 1 aliphatic rings. The minimum Gasteiger partial charge on any atom is -0.334 e. The Morgan fingerprint density at radius 2 is 2.00 bits per heavy atom. The van der Waals surface area contributed by atoms with Gasteiger partial charge in [-0.3, -0.25) is 4.79 Å². The van der Waals surface area contributed by atoms with Gasteiger partial charge in [-0.05, 0) is 12.8 Å². The number of nitrogens with two attached hydrogens (primary N) is 1. The number of nitrogens with zero attached hydrogens (tertiary/aromatic N) is 1. The van der Waals surface area contributed by atoms with E-state index in [2.05, 4.69) is 0 Å². The quantitative estimate of drug-likeness (QED) is 0.515. The Morgan fingerprint density at radius 1 is 1.44 bits per heavy atom. The molecule has 0 aliphatic carbocycles. The Balaban J connectivity index is 2.26. The molecule has 9 heavy (non-hydrogen) atoms. The van der Waals surface area contributed by atoms with Crippen molar-refractivity contribution in [1.29, 1.82) is 0 Å². The summed E-state index contributed by atoms with van der Waals surface area (Å²) in [6.45, 7) is 1.56. The van der Waals surface area contributed by atoms with Crippen LogP contribution in [0.25, 0.3) is 0 Å². The van der Waals surface area contributed by atoms with Gasteiger partial charge >= 0.3 is 6.41 Å². The fourth-order valence-electron chi connectivity index (χ4n) is 0.991. The van der Waals surface area contributed by atoms with E-state index in [0.29, 0.717) is 6.04 Å². The third-order valence-corrected chi connectivity index (χ3v) is 1.67. The van der Waals surface area contributed by atoms with E-state index in [0.717, 1.165) is 25.9 Å². The Morgan fingerprint density at radius 3 is 2.44 bits per heavy atom. The summed E-state index contributed by atoms with van der Waals surface area (Å²) in [5.41, 5.74) is 5.60. The van der Waals surface area contributed by atoms with Gasteiger partial charge in [-0.25, -0.2) is 0 Å². The summed E-state index contributed by atoms with van der Waals surface area (Å²) < 4.78 is 0. The Labute approximate surface area is 54.8 Å². The first kappa shape index (κ1) is 6.55. The van der Waals surface area contributed by atoms with Gasteiger partial charge in [0.15, 0.2) is 0 Å². The molecule has 3 heteroatoms. The smallest absolute Gasteiger partial charge is 0.312 e. The zero-order valence-corrected chi connectivity index (χ0v) is 5.34. The highest BCUT2D eigenvalue weighted by Crippen LogP contribution is 2.04. The molecule has 0 aromatic rings. The van der Waals surface area contributed by atoms with Gasteiger partial charge in [0.25, 0.3) is 0 Å². The van der Waals surface area contributed by atoms with Crippen LogP contribution < -0.4 is 5.73 Å². The summed E-state index contributed by atoms with van der Waals surface area (Å²) in [6.07, 6.45) is 3.70. The minimum absolute atomic E-state index is 0.301. The second-order valence-electron chi connectivity index (χ2n) is 2.42. The van der Waals surface area contributed by atoms with Crippen molar-refractivity contribution in [3.05, 3.63) is 0 Å². The molecule has 1 radical (unpaired) electrons. The van der Waals surface area contributed by atoms with Crippen LogP contribution in [-0.4, -0.2) is 30.4 Å². The van der Waals surface area contributed by atoms with Crippen molar-refractivity contribution in [1.82, 2.24) is 4.90 Å². The molecule has 0 saturated carbocycles. The van der Waals surface area contributed by atoms with E-state index in [1.165, 1.54) is 0 Å². The number of hydrogen-bond acceptors (Lipinski definition) is 2. The monoisotopic (exact) mass is 127 g/mol. The molecule has 0 atom stereocenters. The van der Waals surface area contributed by atoms with Gasteiger partial charge in [-0.15, -0.1) is 0 Å². The van der Waals surface area contributed by atoms with Crippen molar-refractivity contribution in [2.75, 3.05) is 13.1 Å². The van der Waals surface area contributed by atoms with E-state index in [4.69, 9.17) is 5.73 Å². The van der Waals surface area contributed by atoms with Gasteiger partial charge in [0.05, 0.1) is 0 Å². The SMILES string of the molecule is NC1CCN([C]=O)CC1. The van der Waals surface area contributed by atoms with Crippen molar-refractivity contribution in [2.45, 2.75) is 18.9 Å². The van der Waals surface area contributed by atoms with E-state index in [1.54, 1.807) is 4.90 Å². The lowest BCUT2D eigenvalue weighted by Gasteiger charge is -2.25. The fraction of sp³-hybridized carbons (Fsp3) is 0.833. The normalized spacial score (nSPS) is 22.1. The molecule has 0 aromatic carbocycles. The second-order valence-corrected chi connectivity index (χ2v) is 2.42. The molecule has 3 nitrogen and oxygen atoms in total. The summed E-state index contributed by atoms with van der Waals surface area (Å²) in [5, 5.41) is 0. The molecule has 1 amide bonds. The third kappa shape index (κ3) is 1.68. The topological polar surface area (TPSA) is 46.3 Å². The van der Waals surface area contributed by atoms with E-state index in [9.17, 15) is 4.79 Å². The number of carbonyl (C=O) groups excluding carboxylic acids is 1. The van der Waals surface area contributed by atoms with E-state index in [-0.39, 0.29) is 0 Å². The predicted molar refractivity (Wildman–Crippen MR) is 34.5 cm³/mol. The number of piperidine rings is 1. The van der Waals surface area contributed by atoms with Crippen molar-refractivity contribution < 1.29 is 4.79 Å². The first-order valence-corrected chi connectivity index (χ1v) is 3.21. The summed E-state index contributed by atoms with van der Waals surface area (Å²) in [7, 11) is 0. The molecular weight excluding hydrogens is 116 g/mol. The Kier molecular flexibility index (Phi) is 2.05. The second kappa shape index (κ2) is 2.82. The predicted octanol–water partition coefficient (Wildman–Crippen LogP) is -0.523. The van der Waals surface area contributed by atoms with Crippen LogP contribution in [0.5, 0.6) is 0 Å². The van der Waals surface area contributed by atoms with Crippen LogP contribution in [0.4, 0.5) is 0 Å². The average Bonchev–Trinajstić information content (AvgIpc) is 1.90. The van der Waals surface area contributed by atoms with Crippen LogP contribution in [0.15, 0.2) is 0 Å². The molecule has 1 heterocycles. The van der Waals surface area contributed by atoms with Gasteiger partial charge in [-0.2, -0.15) is 0 Å². The first-order chi connectivity index (χ1) is 4.33. The Bertz CT molecular complexity index is 97.2. The molecule has 0 bridgehead atoms. The molecule has 0 unspecified atom stereocenters. The highest BCUT2D eigenvalue weighted by atomic mass is 16.1. The standard InChI is InChI=1S/C6H11N2O/c7-6-1-3-8(5-9)4-2-6/h6H,1-4,7H2. The van der Waals surface area contributed by atoms with Crippen molar-refractivity contribution in [3.63, 3.8) is 0 Å². The van der Waals surface area contributed by atoms with E-state index in [1.807, 2.05) is 6.41 Å². The van der Waals surface area contributed by atoms with Crippen molar-refractivity contribution >= 4 is 6.41 Å². The van der Waals surface area contributed by atoms with Crippen molar-refractivity contribution in [3.8, 4) is 0 Å². The summed E-state index contributed by atoms with van der Waals surface area (Å²) >= 11 is 0. The van der Waals surface area contributed by atoms with Crippen LogP contribution in [0.1, 0.15) is 12.8 Å². The molecular formula is C6H11N2O. The number of rotatable bonds is 1. The largest absolute Gasteiger partial charge is 0.334 e. The molecule has 0 spiro atoms. The van der Waals surface area contributed by atoms with E-state index >= 15 is 0 Å². The van der Waals surface area contributed by atoms with E-state index < -0.39 is 0 Å². The molecule has 51 valence electrons. The first-order valence-electron chi connectivity index (χ1n) is 3.21. The molecule has 1 rings (SSSR count). The summed E-state index contributed by atoms with van der Waals surface area (Å²) in [5.74, 6) is 0. The lowest BCUT2D eigenvalue weighted by Crippen LogP contribution is -2.38. The number of amides is 1. The van der Waals surface area contributed by atoms with Crippen LogP contribution in [0.3, 0.4) is 0 Å². The molecule has 1 aliphatic heterocycles. The van der Waals surface area contributed by atoms with Gasteiger partial charge in [0, 0.05) is 19.1 Å². The van der Waals surface area contributed by atoms with Gasteiger partial charge in [0.2, 0.25) is 0 Å². The van der Waals surface area contributed by atoms with Gasteiger partial charge in [-0.1, -0.05) is 0 Å². The molecule has 2 N–H and O–H groups in total. The maximum atomic E-state index is 10.0. The third-order valence-electron chi connectivity index (χ3n) is 1.67. The molecule has 1 saturated heterocycles. The maximum Gasteiger partial charge on any atom is 0.312 e. The van der Waals surface area contributed by atoms with Crippen LogP contribution in [-0.2, 0) is 4.79 Å². The van der Waals surface area contributed by atoms with Crippen LogP contribution in [0.2, 0.25) is 0 Å². The lowest BCUT2D eigenvalue weighted by molar-refractivity contribution is 0.298. The Hall–Kier alpha value is -0.570. The van der Waals surface area contributed by atoms with Crippen LogP contribution in [0, 0.1) is 0 Å². The number of hydrogen-bond donors (Lipinski definition) is 1. The maximum absolute atomic E-state index is 10.0. The fourth-order valence-corrected chi connectivity index (χ4v) is 0.991. The molecule has 1 fully saturated rings. The van der Waals surface area contributed by atoms with Gasteiger partial charge < -0.3 is 10.6 Å². The zero-order chi connectivity index (χ0) is 6.69. The van der Waals surface area contributed by atoms with Gasteiger partial charge in [0.1, 0.15) is 0 Å². The average molecular weight is 127 g/mol. The zero-order valence-electron chi connectivity index (χ0n) is 5.34. The number of likely N-dealkylation sites (tertiary alicyclic amines) is 1. The summed E-state index contributed by atoms with van der Waals surface area (Å²) in [4.78, 5) is 11.7. The molecule has 0 aromatic heterocycles. The van der Waals surface area contributed by atoms with Crippen LogP contribution >= 0.6 is 0 Å².